The van der Waals surface area contributed by atoms with Gasteiger partial charge in [0.15, 0.2) is 0 Å². The standard InChI is InChI=1S/C14H11I.C14H9I.C14H11NO2.C14H13N.C14H12.C2H4O2.C2H6O.CH4.ClH.H4N2.H2O.H2/c2*15-12-7-8-14-11(9-12)6-5-10-3-1-2-4-13(10)14;16-15(17)12-7-8-14-11(9-12)6-5-10-3-1-2-4-13(10)14;15-12-7-8-14-11(9-12)6-5-10-3-1-2-4-13(10)14;1-3-7-13-11(5-1)9-10-12-6-2-4-8-14(12)13;1-2(3)4;1-2-3;;;1-2;;/h1-4,7-9H,5-6H2;1-9H;1-4,7-9H,5-6H2;1-4,7-9H,5-6,15H2;1-8H,9-10H2;1H3,(H,3,4);3H,2H2,1H3;1H4;1H;1-2H2;1H2;1H/i;;;;;;;;;;;1+1D. The van der Waals surface area contributed by atoms with Gasteiger partial charge in [-0.15, -0.1) is 12.4 Å². The predicted molar refractivity (Wildman–Crippen MR) is 389 cm³/mol. The van der Waals surface area contributed by atoms with Crippen molar-refractivity contribution in [1.29, 1.82) is 0 Å². The number of aliphatic hydroxyl groups excluding tert-OH is 1. The minimum absolute atomic E-state index is 0. The van der Waals surface area contributed by atoms with Crippen molar-refractivity contribution < 1.29 is 28.4 Å². The molecular formula is C75H79ClI2N4O6. The lowest BCUT2D eigenvalue weighted by molar-refractivity contribution is -0.384. The molecule has 0 atom stereocenters. The van der Waals surface area contributed by atoms with E-state index in [2.05, 4.69) is 251 Å². The zero-order valence-corrected chi connectivity index (χ0v) is 53.9. The smallest absolute Gasteiger partial charge is 0.300 e. The van der Waals surface area contributed by atoms with E-state index in [1.54, 1.807) is 19.1 Å². The Morgan fingerprint density at radius 1 is 0.466 bits per heavy atom. The van der Waals surface area contributed by atoms with Crippen LogP contribution in [0.3, 0.4) is 0 Å². The van der Waals surface area contributed by atoms with E-state index in [1.165, 1.54) is 132 Å². The maximum absolute atomic E-state index is 10.7. The number of hydrogen-bond donors (Lipinski definition) is 5. The number of anilines is 1. The second-order valence-corrected chi connectivity index (χ2v) is 23.1. The summed E-state index contributed by atoms with van der Waals surface area (Å²) in [5, 5.41) is 31.0. The molecule has 10 nitrogen and oxygen atoms in total. The predicted octanol–water partition coefficient (Wildman–Crippen LogP) is 17.9. The van der Waals surface area contributed by atoms with Crippen LogP contribution in [0.25, 0.3) is 66.1 Å². The summed E-state index contributed by atoms with van der Waals surface area (Å²) in [4.78, 5) is 19.4. The number of fused-ring (bicyclic) bond motifs is 15. The summed E-state index contributed by atoms with van der Waals surface area (Å²) in [6, 6.07) is 80.7. The third-order valence-electron chi connectivity index (χ3n) is 15.1. The lowest BCUT2D eigenvalue weighted by atomic mass is 9.85. The van der Waals surface area contributed by atoms with Crippen LogP contribution in [0.4, 0.5) is 11.4 Å². The van der Waals surface area contributed by atoms with Gasteiger partial charge in [0.25, 0.3) is 11.7 Å². The van der Waals surface area contributed by atoms with Crippen LogP contribution >= 0.6 is 57.6 Å². The molecule has 0 saturated carbocycles. The summed E-state index contributed by atoms with van der Waals surface area (Å²) >= 11 is 4.74. The number of rotatable bonds is 1. The van der Waals surface area contributed by atoms with E-state index >= 15 is 0 Å². The van der Waals surface area contributed by atoms with E-state index in [0.717, 1.165) is 49.4 Å². The van der Waals surface area contributed by atoms with Gasteiger partial charge in [-0.1, -0.05) is 183 Å². The zero-order valence-electron chi connectivity index (χ0n) is 50.8. The average Bonchev–Trinajstić information content (AvgIpc) is 0.981. The number of benzene rings is 11. The number of hydrogen-bond acceptors (Lipinski definition) is 7. The summed E-state index contributed by atoms with van der Waals surface area (Å²) in [6.45, 7) is 3.01. The molecule has 0 fully saturated rings. The minimum atomic E-state index is -0.833. The SMILES string of the molecule is C.CC(=O)O.CCO.Cl.Ic1ccc2c(c1)CCc1ccccc1-2.Ic1ccc2c(ccc3ccccc32)c1.NN.Nc1ccc2c(c1)CCc1ccccc1-2.O.O=[N+]([O-])c1ccc2c(c1)CCc1ccccc1-2.[2H][2H].c1ccc2c(c1)CCc1ccccc1-2. The van der Waals surface area contributed by atoms with Crippen LogP contribution in [-0.2, 0) is 56.2 Å². The Bertz CT molecular complexity index is 3970. The Hall–Kier alpha value is -7.80. The first kappa shape index (κ1) is 69.3. The van der Waals surface area contributed by atoms with Gasteiger partial charge in [0, 0.05) is 41.5 Å². The lowest BCUT2D eigenvalue weighted by Gasteiger charge is -2.19. The maximum Gasteiger partial charge on any atom is 0.300 e. The highest BCUT2D eigenvalue weighted by Gasteiger charge is 2.20. The third kappa shape index (κ3) is 18.4. The molecule has 0 unspecified atom stereocenters. The van der Waals surface area contributed by atoms with E-state index in [-0.39, 0.29) is 42.5 Å². The number of aliphatic hydroxyl groups is 1. The van der Waals surface area contributed by atoms with Crippen molar-refractivity contribution in [3.63, 3.8) is 0 Å². The second kappa shape index (κ2) is 35.3. The number of nitro groups is 1. The average molecular weight is 1420 g/mol. The molecule has 13 heteroatoms. The topological polar surface area (TPSA) is 210 Å². The number of nitrogens with zero attached hydrogens (tertiary/aromatic N) is 1. The Morgan fingerprint density at radius 3 is 1.19 bits per heavy atom. The number of aliphatic carboxylic acids is 1. The molecule has 0 amide bonds. The fourth-order valence-electron chi connectivity index (χ4n) is 11.3. The lowest BCUT2D eigenvalue weighted by Crippen LogP contribution is -2.04. The third-order valence-corrected chi connectivity index (χ3v) is 16.4. The number of nitrogens with two attached hydrogens (primary N) is 3. The first-order valence-electron chi connectivity index (χ1n) is 29.4. The van der Waals surface area contributed by atoms with Gasteiger partial charge >= 0.3 is 0 Å². The largest absolute Gasteiger partial charge is 0.481 e. The van der Waals surface area contributed by atoms with E-state index in [9.17, 15) is 10.1 Å². The van der Waals surface area contributed by atoms with Crippen molar-refractivity contribution in [2.75, 3.05) is 12.3 Å². The number of hydrazine groups is 1. The monoisotopic (exact) mass is 1420 g/mol. The Morgan fingerprint density at radius 2 is 0.761 bits per heavy atom. The van der Waals surface area contributed by atoms with E-state index in [4.69, 9.17) is 23.7 Å². The number of nitro benzene ring substituents is 1. The number of aryl methyl sites for hydroxylation is 8. The van der Waals surface area contributed by atoms with Gasteiger partial charge in [0.1, 0.15) is 0 Å². The van der Waals surface area contributed by atoms with Gasteiger partial charge < -0.3 is 21.4 Å². The normalized spacial score (nSPS) is 11.5. The van der Waals surface area contributed by atoms with Crippen LogP contribution in [0, 0.1) is 17.3 Å². The highest BCUT2D eigenvalue weighted by molar-refractivity contribution is 14.1. The van der Waals surface area contributed by atoms with Crippen molar-refractivity contribution >= 4 is 96.5 Å². The highest BCUT2D eigenvalue weighted by Crippen LogP contribution is 2.38. The van der Waals surface area contributed by atoms with Crippen molar-refractivity contribution in [2.45, 2.75) is 72.6 Å². The summed E-state index contributed by atoms with van der Waals surface area (Å²) in [6.07, 6.45) is 8.83. The first-order chi connectivity index (χ1) is 42.4. The molecule has 0 aromatic heterocycles. The Kier molecular flexibility index (Phi) is 27.8. The van der Waals surface area contributed by atoms with Gasteiger partial charge in [-0.25, -0.2) is 0 Å². The van der Waals surface area contributed by atoms with Crippen LogP contribution in [-0.4, -0.2) is 33.2 Å². The molecule has 0 heterocycles. The molecule has 11 aromatic carbocycles. The number of halogens is 3. The molecule has 0 saturated heterocycles. The highest BCUT2D eigenvalue weighted by atomic mass is 127. The molecule has 88 heavy (non-hydrogen) atoms. The maximum atomic E-state index is 10.7. The fraction of sp³-hybridized carbons (Fsp3) is 0.160. The molecule has 11 aromatic rings. The Balaban J connectivity index is 0.000000229. The molecule has 0 aliphatic heterocycles. The zero-order chi connectivity index (χ0) is 62.2. The van der Waals surface area contributed by atoms with Crippen molar-refractivity contribution in [1.82, 2.24) is 0 Å². The number of carboxylic acid groups (broad SMARTS) is 1. The van der Waals surface area contributed by atoms with Gasteiger partial charge in [-0.3, -0.25) is 26.6 Å². The molecule has 0 radical (unpaired) electrons. The molecule has 15 rings (SSSR count). The number of carbonyl (C=O) groups is 1. The first-order valence-corrected chi connectivity index (χ1v) is 30.6. The van der Waals surface area contributed by atoms with Crippen LogP contribution in [0.5, 0.6) is 0 Å². The van der Waals surface area contributed by atoms with Crippen molar-refractivity contribution in [3.8, 4) is 44.5 Å². The molecule has 0 bridgehead atoms. The summed E-state index contributed by atoms with van der Waals surface area (Å²) in [5.41, 5.74) is 28.9. The number of nitrogen functional groups attached to an aromatic ring is 1. The van der Waals surface area contributed by atoms with Crippen LogP contribution < -0.4 is 17.4 Å². The van der Waals surface area contributed by atoms with Gasteiger partial charge in [-0.2, -0.15) is 0 Å². The minimum Gasteiger partial charge on any atom is -0.481 e. The molecular weight excluding hydrogens is 1340 g/mol. The number of non-ortho nitro benzene ring substituents is 1. The fourth-order valence-corrected chi connectivity index (χ4v) is 12.4. The van der Waals surface area contributed by atoms with E-state index in [0.29, 0.717) is 0 Å². The molecule has 4 aliphatic carbocycles. The van der Waals surface area contributed by atoms with E-state index in [1.807, 2.05) is 24.3 Å². The quantitative estimate of drug-likeness (QED) is 0.0266. The van der Waals surface area contributed by atoms with E-state index < -0.39 is 5.97 Å². The summed E-state index contributed by atoms with van der Waals surface area (Å²) < 4.78 is 12.6. The van der Waals surface area contributed by atoms with Crippen LogP contribution in [0.15, 0.2) is 231 Å². The van der Waals surface area contributed by atoms with Crippen LogP contribution in [0.1, 0.15) is 68.8 Å². The molecule has 4 aliphatic rings. The van der Waals surface area contributed by atoms with Gasteiger partial charge in [0.2, 0.25) is 0 Å². The van der Waals surface area contributed by atoms with Crippen molar-refractivity contribution in [3.05, 3.63) is 292 Å². The van der Waals surface area contributed by atoms with Gasteiger partial charge in [-0.05, 0) is 256 Å². The molecule has 10 N–H and O–H groups in total. The number of carboxylic acids is 1. The summed E-state index contributed by atoms with van der Waals surface area (Å²) in [5.74, 6) is 7.17. The summed E-state index contributed by atoms with van der Waals surface area (Å²) in [7, 11) is 0. The molecule has 456 valence electrons. The molecule has 0 spiro atoms. The van der Waals surface area contributed by atoms with Crippen LogP contribution in [0.2, 0.25) is 0 Å². The Labute approximate surface area is 554 Å². The van der Waals surface area contributed by atoms with Crippen molar-refractivity contribution in [2.24, 2.45) is 11.7 Å². The van der Waals surface area contributed by atoms with Gasteiger partial charge in [0.05, 0.1) is 4.92 Å². The second-order valence-electron chi connectivity index (χ2n) is 20.6.